The van der Waals surface area contributed by atoms with Gasteiger partial charge in [-0.1, -0.05) is 18.2 Å². The Bertz CT molecular complexity index is 732. The molecule has 0 radical (unpaired) electrons. The molecule has 1 unspecified atom stereocenters. The van der Waals surface area contributed by atoms with Crippen LogP contribution in [0.25, 0.3) is 0 Å². The van der Waals surface area contributed by atoms with Crippen molar-refractivity contribution in [3.63, 3.8) is 0 Å². The van der Waals surface area contributed by atoms with Crippen LogP contribution in [-0.2, 0) is 0 Å². The highest BCUT2D eigenvalue weighted by Gasteiger charge is 2.15. The van der Waals surface area contributed by atoms with E-state index in [-0.39, 0.29) is 11.4 Å². The molecule has 2 aromatic rings. The van der Waals surface area contributed by atoms with E-state index in [1.165, 1.54) is 11.8 Å². The number of nitriles is 1. The van der Waals surface area contributed by atoms with Gasteiger partial charge in [-0.2, -0.15) is 5.26 Å². The first-order chi connectivity index (χ1) is 11.5. The fraction of sp³-hybridized carbons (Fsp3) is 0.222. The van der Waals surface area contributed by atoms with Gasteiger partial charge in [0.2, 0.25) is 0 Å². The van der Waals surface area contributed by atoms with Crippen LogP contribution in [0.3, 0.4) is 0 Å². The number of nitrogens with one attached hydrogen (secondary N) is 3. The number of aryl methyl sites for hydroxylation is 2. The largest absolute Gasteiger partial charge is 0.356 e. The van der Waals surface area contributed by atoms with Gasteiger partial charge in [0.1, 0.15) is 0 Å². The number of carbonyl (C=O) groups is 1. The minimum atomic E-state index is -0.210. The van der Waals surface area contributed by atoms with E-state index in [1.807, 2.05) is 68.8 Å². The van der Waals surface area contributed by atoms with Gasteiger partial charge in [0.05, 0.1) is 0 Å². The molecule has 2 rings (SSSR count). The monoisotopic (exact) mass is 340 g/mol. The lowest BCUT2D eigenvalue weighted by Gasteiger charge is -2.18. The summed E-state index contributed by atoms with van der Waals surface area (Å²) in [5, 5.41) is 17.5. The van der Waals surface area contributed by atoms with Crippen molar-refractivity contribution in [2.45, 2.75) is 19.3 Å². The normalized spacial score (nSPS) is 11.2. The van der Waals surface area contributed by atoms with E-state index in [9.17, 15) is 4.79 Å². The SMILES string of the molecule is CSC(NC#N)Nc1cc(C)c(C(=O)Nc2ccccc2)c(C)c1. The van der Waals surface area contributed by atoms with Crippen LogP contribution in [0.15, 0.2) is 42.5 Å². The molecule has 0 saturated heterocycles. The molecule has 24 heavy (non-hydrogen) atoms. The summed E-state index contributed by atoms with van der Waals surface area (Å²) in [5.41, 5.74) is 3.84. The van der Waals surface area contributed by atoms with Gasteiger partial charge < -0.3 is 10.6 Å². The quantitative estimate of drug-likeness (QED) is 0.425. The summed E-state index contributed by atoms with van der Waals surface area (Å²) >= 11 is 1.49. The summed E-state index contributed by atoms with van der Waals surface area (Å²) in [6.07, 6.45) is 3.83. The molecular formula is C18H20N4OS. The molecule has 1 atom stereocenters. The van der Waals surface area contributed by atoms with Crippen LogP contribution in [0.1, 0.15) is 21.5 Å². The van der Waals surface area contributed by atoms with Crippen LogP contribution in [0.5, 0.6) is 0 Å². The predicted molar refractivity (Wildman–Crippen MR) is 100.0 cm³/mol. The van der Waals surface area contributed by atoms with E-state index in [2.05, 4.69) is 16.0 Å². The molecule has 5 nitrogen and oxygen atoms in total. The number of hydrogen-bond acceptors (Lipinski definition) is 5. The van der Waals surface area contributed by atoms with E-state index in [0.29, 0.717) is 5.56 Å². The zero-order valence-electron chi connectivity index (χ0n) is 13.9. The summed E-state index contributed by atoms with van der Waals surface area (Å²) in [5.74, 6) is -0.126. The highest BCUT2D eigenvalue weighted by Crippen LogP contribution is 2.23. The molecule has 1 amide bonds. The lowest BCUT2D eigenvalue weighted by molar-refractivity contribution is 0.102. The molecule has 0 aliphatic carbocycles. The van der Waals surface area contributed by atoms with Crippen LogP contribution in [0.4, 0.5) is 11.4 Å². The third-order valence-electron chi connectivity index (χ3n) is 3.52. The van der Waals surface area contributed by atoms with Gasteiger partial charge in [0.25, 0.3) is 5.91 Å². The number of anilines is 2. The maximum absolute atomic E-state index is 12.6. The van der Waals surface area contributed by atoms with Crippen molar-refractivity contribution in [2.24, 2.45) is 0 Å². The van der Waals surface area contributed by atoms with Crippen LogP contribution < -0.4 is 16.0 Å². The fourth-order valence-electron chi connectivity index (χ4n) is 2.48. The van der Waals surface area contributed by atoms with Crippen molar-refractivity contribution in [3.05, 3.63) is 59.2 Å². The van der Waals surface area contributed by atoms with E-state index < -0.39 is 0 Å². The smallest absolute Gasteiger partial charge is 0.256 e. The standard InChI is InChI=1S/C18H20N4OS/c1-12-9-15(22-18(24-3)20-11-19)10-13(2)16(12)17(23)21-14-7-5-4-6-8-14/h4-10,18,20,22H,1-3H3,(H,21,23). The fourth-order valence-corrected chi connectivity index (χ4v) is 2.91. The predicted octanol–water partition coefficient (Wildman–Crippen LogP) is 3.68. The Morgan fingerprint density at radius 2 is 1.75 bits per heavy atom. The molecule has 6 heteroatoms. The van der Waals surface area contributed by atoms with Crippen LogP contribution in [-0.4, -0.2) is 17.7 Å². The number of nitrogens with zero attached hydrogens (tertiary/aromatic N) is 1. The Hall–Kier alpha value is -2.65. The van der Waals surface area contributed by atoms with Gasteiger partial charge in [0.15, 0.2) is 11.7 Å². The first-order valence-electron chi connectivity index (χ1n) is 7.46. The number of thioether (sulfide) groups is 1. The minimum Gasteiger partial charge on any atom is -0.356 e. The maximum atomic E-state index is 12.6. The van der Waals surface area contributed by atoms with Gasteiger partial charge in [0, 0.05) is 16.9 Å². The van der Waals surface area contributed by atoms with Crippen LogP contribution >= 0.6 is 11.8 Å². The zero-order valence-corrected chi connectivity index (χ0v) is 14.7. The zero-order chi connectivity index (χ0) is 17.5. The molecule has 2 aromatic carbocycles. The average molecular weight is 340 g/mol. The molecule has 124 valence electrons. The van der Waals surface area contributed by atoms with Crippen LogP contribution in [0.2, 0.25) is 0 Å². The van der Waals surface area contributed by atoms with Gasteiger partial charge in [-0.3, -0.25) is 10.1 Å². The van der Waals surface area contributed by atoms with Gasteiger partial charge in [-0.15, -0.1) is 11.8 Å². The summed E-state index contributed by atoms with van der Waals surface area (Å²) in [6.45, 7) is 3.81. The lowest BCUT2D eigenvalue weighted by Crippen LogP contribution is -2.29. The van der Waals surface area contributed by atoms with Crippen molar-refractivity contribution < 1.29 is 4.79 Å². The molecular weight excluding hydrogens is 320 g/mol. The van der Waals surface area contributed by atoms with Crippen molar-refractivity contribution >= 4 is 29.0 Å². The first kappa shape index (κ1) is 17.7. The Kier molecular flexibility index (Phi) is 6.10. The molecule has 0 aliphatic rings. The van der Waals surface area contributed by atoms with Crippen molar-refractivity contribution in [3.8, 4) is 6.19 Å². The molecule has 0 aliphatic heterocycles. The number of benzene rings is 2. The van der Waals surface area contributed by atoms with Crippen molar-refractivity contribution in [2.75, 3.05) is 16.9 Å². The molecule has 3 N–H and O–H groups in total. The van der Waals surface area contributed by atoms with E-state index in [0.717, 1.165) is 22.5 Å². The number of rotatable bonds is 6. The van der Waals surface area contributed by atoms with Gasteiger partial charge >= 0.3 is 0 Å². The molecule has 0 aromatic heterocycles. The summed E-state index contributed by atoms with van der Waals surface area (Å²) in [6, 6.07) is 13.2. The maximum Gasteiger partial charge on any atom is 0.256 e. The molecule has 0 fully saturated rings. The second-order valence-electron chi connectivity index (χ2n) is 5.32. The Morgan fingerprint density at radius 1 is 1.12 bits per heavy atom. The van der Waals surface area contributed by atoms with E-state index >= 15 is 0 Å². The molecule has 0 heterocycles. The second kappa shape index (κ2) is 8.27. The van der Waals surface area contributed by atoms with Gasteiger partial charge in [-0.05, 0) is 55.5 Å². The highest BCUT2D eigenvalue weighted by molar-refractivity contribution is 7.99. The first-order valence-corrected chi connectivity index (χ1v) is 8.75. The third kappa shape index (κ3) is 4.43. The number of amides is 1. The highest BCUT2D eigenvalue weighted by atomic mass is 32.2. The van der Waals surface area contributed by atoms with Crippen LogP contribution in [0, 0.1) is 25.3 Å². The third-order valence-corrected chi connectivity index (χ3v) is 4.23. The van der Waals surface area contributed by atoms with E-state index in [1.54, 1.807) is 0 Å². The molecule has 0 spiro atoms. The van der Waals surface area contributed by atoms with Crippen molar-refractivity contribution in [1.29, 1.82) is 5.26 Å². The Balaban J connectivity index is 2.20. The van der Waals surface area contributed by atoms with E-state index in [4.69, 9.17) is 5.26 Å². The number of carbonyl (C=O) groups excluding carboxylic acids is 1. The Labute approximate surface area is 146 Å². The lowest BCUT2D eigenvalue weighted by atomic mass is 10.0. The van der Waals surface area contributed by atoms with Crippen molar-refractivity contribution in [1.82, 2.24) is 5.32 Å². The topological polar surface area (TPSA) is 77.0 Å². The summed E-state index contributed by atoms with van der Waals surface area (Å²) < 4.78 is 0. The average Bonchev–Trinajstić information content (AvgIpc) is 2.54. The Morgan fingerprint density at radius 3 is 2.29 bits per heavy atom. The summed E-state index contributed by atoms with van der Waals surface area (Å²) in [4.78, 5) is 12.6. The summed E-state index contributed by atoms with van der Waals surface area (Å²) in [7, 11) is 0. The molecule has 0 saturated carbocycles. The second-order valence-corrected chi connectivity index (χ2v) is 6.26. The molecule has 0 bridgehead atoms. The minimum absolute atomic E-state index is 0.126. The van der Waals surface area contributed by atoms with Gasteiger partial charge in [-0.25, -0.2) is 0 Å². The number of hydrogen-bond donors (Lipinski definition) is 3. The number of para-hydroxylation sites is 1.